The number of hydrogen-bond acceptors (Lipinski definition) is 5. The van der Waals surface area contributed by atoms with Gasteiger partial charge in [0.2, 0.25) is 5.82 Å². The lowest BCUT2D eigenvalue weighted by atomic mass is 10.3. The molecule has 0 spiro atoms. The molecule has 1 N–H and O–H groups in total. The van der Waals surface area contributed by atoms with Gasteiger partial charge in [-0.05, 0) is 41.1 Å². The molecule has 0 unspecified atom stereocenters. The van der Waals surface area contributed by atoms with E-state index in [0.717, 1.165) is 18.9 Å². The van der Waals surface area contributed by atoms with Crippen LogP contribution in [-0.2, 0) is 4.74 Å². The van der Waals surface area contributed by atoms with Crippen molar-refractivity contribution in [2.45, 2.75) is 19.3 Å². The highest BCUT2D eigenvalue weighted by Gasteiger charge is 2.20. The van der Waals surface area contributed by atoms with Crippen molar-refractivity contribution in [2.24, 2.45) is 5.92 Å². The molecule has 19 heavy (non-hydrogen) atoms. The van der Waals surface area contributed by atoms with E-state index in [1.165, 1.54) is 18.9 Å². The van der Waals surface area contributed by atoms with Gasteiger partial charge >= 0.3 is 5.69 Å². The highest BCUT2D eigenvalue weighted by molar-refractivity contribution is 9.10. The Morgan fingerprint density at radius 1 is 1.58 bits per heavy atom. The standard InChI is InChI=1S/C12H16BrN3O3/c13-10-6-11(16(17)18)12(15-7-10)14-4-1-5-19-8-9-2-3-9/h6-7,9H,1-5,8H2,(H,14,15). The van der Waals surface area contributed by atoms with Gasteiger partial charge in [-0.15, -0.1) is 0 Å². The SMILES string of the molecule is O=[N+]([O-])c1cc(Br)cnc1NCCCOCC1CC1. The molecular weight excluding hydrogens is 314 g/mol. The Morgan fingerprint density at radius 2 is 2.37 bits per heavy atom. The summed E-state index contributed by atoms with van der Waals surface area (Å²) in [6, 6.07) is 1.44. The van der Waals surface area contributed by atoms with Crippen LogP contribution in [0.15, 0.2) is 16.7 Å². The Balaban J connectivity index is 1.73. The third-order valence-electron chi connectivity index (χ3n) is 2.84. The molecule has 0 aliphatic heterocycles. The first kappa shape index (κ1) is 14.2. The molecule has 0 amide bonds. The number of pyridine rings is 1. The van der Waals surface area contributed by atoms with Gasteiger partial charge in [-0.3, -0.25) is 10.1 Å². The van der Waals surface area contributed by atoms with E-state index >= 15 is 0 Å². The van der Waals surface area contributed by atoms with Gasteiger partial charge in [0.05, 0.1) is 4.92 Å². The first-order valence-electron chi connectivity index (χ1n) is 6.28. The lowest BCUT2D eigenvalue weighted by Gasteiger charge is -2.06. The molecule has 0 radical (unpaired) electrons. The lowest BCUT2D eigenvalue weighted by Crippen LogP contribution is -2.09. The summed E-state index contributed by atoms with van der Waals surface area (Å²) in [5.41, 5.74) is -0.0201. The largest absolute Gasteiger partial charge is 0.381 e. The first-order valence-corrected chi connectivity index (χ1v) is 7.07. The van der Waals surface area contributed by atoms with Gasteiger partial charge in [0.15, 0.2) is 0 Å². The number of nitrogens with zero attached hydrogens (tertiary/aromatic N) is 2. The number of halogens is 1. The van der Waals surface area contributed by atoms with Crippen LogP contribution >= 0.6 is 15.9 Å². The van der Waals surface area contributed by atoms with E-state index in [9.17, 15) is 10.1 Å². The molecule has 6 nitrogen and oxygen atoms in total. The molecule has 1 aliphatic carbocycles. The van der Waals surface area contributed by atoms with Crippen LogP contribution in [0.2, 0.25) is 0 Å². The molecule has 104 valence electrons. The fraction of sp³-hybridized carbons (Fsp3) is 0.583. The summed E-state index contributed by atoms with van der Waals surface area (Å²) < 4.78 is 6.09. The number of nitro groups is 1. The average Bonchev–Trinajstić information content (AvgIpc) is 3.19. The molecule has 1 aliphatic rings. The second kappa shape index (κ2) is 6.81. The highest BCUT2D eigenvalue weighted by Crippen LogP contribution is 2.28. The molecule has 0 atom stereocenters. The van der Waals surface area contributed by atoms with Crippen molar-refractivity contribution in [1.29, 1.82) is 0 Å². The second-order valence-electron chi connectivity index (χ2n) is 4.58. The van der Waals surface area contributed by atoms with Gasteiger partial charge in [0.25, 0.3) is 0 Å². The zero-order chi connectivity index (χ0) is 13.7. The monoisotopic (exact) mass is 329 g/mol. The summed E-state index contributed by atoms with van der Waals surface area (Å²) >= 11 is 3.17. The van der Waals surface area contributed by atoms with Crippen LogP contribution < -0.4 is 5.32 Å². The molecule has 1 saturated carbocycles. The van der Waals surface area contributed by atoms with Gasteiger partial charge in [-0.1, -0.05) is 0 Å². The maximum Gasteiger partial charge on any atom is 0.312 e. The van der Waals surface area contributed by atoms with Crippen LogP contribution in [0.1, 0.15) is 19.3 Å². The van der Waals surface area contributed by atoms with Crippen molar-refractivity contribution in [3.63, 3.8) is 0 Å². The van der Waals surface area contributed by atoms with Gasteiger partial charge in [-0.2, -0.15) is 0 Å². The minimum atomic E-state index is -0.441. The predicted octanol–water partition coefficient (Wildman–Crippen LogP) is 2.98. The maximum absolute atomic E-state index is 10.9. The maximum atomic E-state index is 10.9. The number of rotatable bonds is 8. The molecular formula is C12H16BrN3O3. The number of ether oxygens (including phenoxy) is 1. The van der Waals surface area contributed by atoms with Crippen molar-refractivity contribution in [3.8, 4) is 0 Å². The van der Waals surface area contributed by atoms with Crippen LogP contribution in [-0.4, -0.2) is 29.7 Å². The van der Waals surface area contributed by atoms with Crippen LogP contribution in [0.4, 0.5) is 11.5 Å². The van der Waals surface area contributed by atoms with E-state index < -0.39 is 4.92 Å². The first-order chi connectivity index (χ1) is 9.16. The molecule has 0 aromatic carbocycles. The van der Waals surface area contributed by atoms with Crippen molar-refractivity contribution < 1.29 is 9.66 Å². The number of hydrogen-bond donors (Lipinski definition) is 1. The Morgan fingerprint density at radius 3 is 3.05 bits per heavy atom. The Kier molecular flexibility index (Phi) is 5.09. The van der Waals surface area contributed by atoms with E-state index in [-0.39, 0.29) is 5.69 Å². The number of nitrogens with one attached hydrogen (secondary N) is 1. The van der Waals surface area contributed by atoms with E-state index in [1.54, 1.807) is 6.20 Å². The summed E-state index contributed by atoms with van der Waals surface area (Å²) in [6.07, 6.45) is 4.92. The number of anilines is 1. The fourth-order valence-electron chi connectivity index (χ4n) is 1.62. The average molecular weight is 330 g/mol. The normalized spacial score (nSPS) is 14.4. The van der Waals surface area contributed by atoms with Gasteiger partial charge in [-0.25, -0.2) is 4.98 Å². The molecule has 1 aromatic rings. The van der Waals surface area contributed by atoms with Crippen LogP contribution in [0.25, 0.3) is 0 Å². The summed E-state index contributed by atoms with van der Waals surface area (Å²) in [6.45, 7) is 2.13. The van der Waals surface area contributed by atoms with E-state index in [2.05, 4.69) is 26.2 Å². The second-order valence-corrected chi connectivity index (χ2v) is 5.49. The Labute approximate surface area is 119 Å². The molecule has 7 heteroatoms. The van der Waals surface area contributed by atoms with E-state index in [0.29, 0.717) is 23.4 Å². The minimum absolute atomic E-state index is 0.0201. The summed E-state index contributed by atoms with van der Waals surface area (Å²) in [5.74, 6) is 1.07. The van der Waals surface area contributed by atoms with Crippen molar-refractivity contribution >= 4 is 27.4 Å². The van der Waals surface area contributed by atoms with Gasteiger partial charge < -0.3 is 10.1 Å². The van der Waals surface area contributed by atoms with E-state index in [4.69, 9.17) is 4.74 Å². The predicted molar refractivity (Wildman–Crippen MR) is 75.2 cm³/mol. The van der Waals surface area contributed by atoms with Gasteiger partial charge in [0, 0.05) is 36.5 Å². The third-order valence-corrected chi connectivity index (χ3v) is 3.27. The molecule has 2 rings (SSSR count). The Bertz CT molecular complexity index is 452. The van der Waals surface area contributed by atoms with Crippen molar-refractivity contribution in [3.05, 3.63) is 26.9 Å². The summed E-state index contributed by atoms with van der Waals surface area (Å²) in [5, 5.41) is 13.8. The van der Waals surface area contributed by atoms with Crippen molar-refractivity contribution in [1.82, 2.24) is 4.98 Å². The number of aromatic nitrogens is 1. The fourth-order valence-corrected chi connectivity index (χ4v) is 1.94. The lowest BCUT2D eigenvalue weighted by molar-refractivity contribution is -0.384. The molecule has 0 bridgehead atoms. The Hall–Kier alpha value is -1.21. The summed E-state index contributed by atoms with van der Waals surface area (Å²) in [7, 11) is 0. The van der Waals surface area contributed by atoms with Gasteiger partial charge in [0.1, 0.15) is 0 Å². The van der Waals surface area contributed by atoms with Crippen LogP contribution in [0.5, 0.6) is 0 Å². The zero-order valence-electron chi connectivity index (χ0n) is 10.5. The molecule has 1 heterocycles. The summed E-state index contributed by atoms with van der Waals surface area (Å²) in [4.78, 5) is 14.4. The van der Waals surface area contributed by atoms with Crippen LogP contribution in [0.3, 0.4) is 0 Å². The van der Waals surface area contributed by atoms with Crippen molar-refractivity contribution in [2.75, 3.05) is 25.1 Å². The molecule has 0 saturated heterocycles. The topological polar surface area (TPSA) is 77.3 Å². The zero-order valence-corrected chi connectivity index (χ0v) is 12.1. The smallest absolute Gasteiger partial charge is 0.312 e. The quantitative estimate of drug-likeness (QED) is 0.450. The molecule has 1 fully saturated rings. The minimum Gasteiger partial charge on any atom is -0.381 e. The highest BCUT2D eigenvalue weighted by atomic mass is 79.9. The van der Waals surface area contributed by atoms with E-state index in [1.807, 2.05) is 0 Å². The third kappa shape index (κ3) is 4.76. The molecule has 1 aromatic heterocycles. The van der Waals surface area contributed by atoms with Crippen LogP contribution in [0, 0.1) is 16.0 Å².